The molecule has 0 rings (SSSR count). The van der Waals surface area contributed by atoms with Crippen molar-refractivity contribution < 1.29 is 80.2 Å². The van der Waals surface area contributed by atoms with Gasteiger partial charge in [-0.25, -0.2) is 9.13 Å². The van der Waals surface area contributed by atoms with Gasteiger partial charge >= 0.3 is 39.5 Å². The van der Waals surface area contributed by atoms with E-state index in [1.807, 2.05) is 0 Å². The lowest BCUT2D eigenvalue weighted by atomic mass is 10.0. The average molecular weight is 1260 g/mol. The molecule has 0 aliphatic carbocycles. The highest BCUT2D eigenvalue weighted by Gasteiger charge is 2.30. The molecule has 0 aliphatic heterocycles. The Balaban J connectivity index is 5.18. The minimum Gasteiger partial charge on any atom is -0.462 e. The van der Waals surface area contributed by atoms with Gasteiger partial charge in [-0.05, 0) is 31.6 Å². The number of phosphoric ester groups is 2. The van der Waals surface area contributed by atoms with Crippen LogP contribution in [0, 0.1) is 5.92 Å². The van der Waals surface area contributed by atoms with E-state index in [2.05, 4.69) is 34.6 Å². The number of hydrogen-bond acceptors (Lipinski definition) is 15. The number of phosphoric acid groups is 2. The Labute approximate surface area is 517 Å². The predicted octanol–water partition coefficient (Wildman–Crippen LogP) is 18.6. The van der Waals surface area contributed by atoms with Crippen molar-refractivity contribution in [3.63, 3.8) is 0 Å². The predicted molar refractivity (Wildman–Crippen MR) is 340 cm³/mol. The van der Waals surface area contributed by atoms with Crippen molar-refractivity contribution in [3.8, 4) is 0 Å². The number of aliphatic hydroxyl groups is 1. The van der Waals surface area contributed by atoms with Crippen molar-refractivity contribution in [2.24, 2.45) is 5.92 Å². The quantitative estimate of drug-likeness (QED) is 0.0222. The van der Waals surface area contributed by atoms with Crippen LogP contribution in [-0.2, 0) is 65.4 Å². The van der Waals surface area contributed by atoms with Gasteiger partial charge in [0.05, 0.1) is 26.4 Å². The summed E-state index contributed by atoms with van der Waals surface area (Å²) in [4.78, 5) is 72.2. The van der Waals surface area contributed by atoms with Crippen molar-refractivity contribution in [3.05, 3.63) is 0 Å². The van der Waals surface area contributed by atoms with E-state index in [0.717, 1.165) is 109 Å². The zero-order chi connectivity index (χ0) is 62.8. The highest BCUT2D eigenvalue weighted by atomic mass is 31.2. The molecule has 19 heteroatoms. The van der Waals surface area contributed by atoms with E-state index in [9.17, 15) is 43.2 Å². The first-order chi connectivity index (χ1) is 41.0. The molecule has 2 unspecified atom stereocenters. The maximum atomic E-state index is 13.0. The lowest BCUT2D eigenvalue weighted by Crippen LogP contribution is -2.30. The maximum absolute atomic E-state index is 13.0. The molecule has 0 saturated carbocycles. The third-order valence-electron chi connectivity index (χ3n) is 15.3. The number of hydrogen-bond donors (Lipinski definition) is 3. The second-order valence-electron chi connectivity index (χ2n) is 24.3. The zero-order valence-corrected chi connectivity index (χ0v) is 56.5. The van der Waals surface area contributed by atoms with Gasteiger partial charge in [0, 0.05) is 25.7 Å². The molecule has 0 heterocycles. The number of carbonyl (C=O) groups is 4. The van der Waals surface area contributed by atoms with Crippen molar-refractivity contribution >= 4 is 39.5 Å². The van der Waals surface area contributed by atoms with Crippen LogP contribution < -0.4 is 0 Å². The Bertz CT molecular complexity index is 1650. The molecule has 0 amide bonds. The van der Waals surface area contributed by atoms with Gasteiger partial charge < -0.3 is 33.8 Å². The van der Waals surface area contributed by atoms with E-state index in [-0.39, 0.29) is 25.7 Å². The molecular weight excluding hydrogens is 1130 g/mol. The standard InChI is InChI=1S/C66H128O17P2/c1-6-9-12-15-18-20-21-22-23-24-25-26-27-31-37-42-47-52-66(71)83-62(56-77-64(69)50-45-40-35-32-28-30-34-38-43-48-59(4)5)58-81-85(74,75)79-54-60(67)53-78-84(72,73)80-57-61(55-76-63(68)49-44-39-33-17-14-11-8-3)82-65(70)51-46-41-36-29-19-16-13-10-7-2/h59-62,67H,6-58H2,1-5H3,(H,72,73)(H,74,75)/t60-,61+,62+/m0/s1. The van der Waals surface area contributed by atoms with Crippen LogP contribution in [0.2, 0.25) is 0 Å². The van der Waals surface area contributed by atoms with Crippen LogP contribution >= 0.6 is 15.6 Å². The first-order valence-corrected chi connectivity index (χ1v) is 37.6. The molecule has 0 aromatic carbocycles. The van der Waals surface area contributed by atoms with Crippen molar-refractivity contribution in [2.45, 2.75) is 355 Å². The SMILES string of the molecule is CCCCCCCCCCCCCCCCCCCC(=O)O[C@H](COC(=O)CCCCCCCCCCCC(C)C)COP(=O)(O)OC[C@@H](O)COP(=O)(O)OC[C@@H](COC(=O)CCCCCCCCC)OC(=O)CCCCCCCCCCC. The molecule has 0 spiro atoms. The molecule has 0 bridgehead atoms. The summed E-state index contributed by atoms with van der Waals surface area (Å²) in [6.45, 7) is 7.14. The van der Waals surface area contributed by atoms with Crippen LogP contribution in [0.5, 0.6) is 0 Å². The third-order valence-corrected chi connectivity index (χ3v) is 17.2. The Kier molecular flexibility index (Phi) is 58.3. The molecule has 5 atom stereocenters. The average Bonchev–Trinajstić information content (AvgIpc) is 3.54. The fourth-order valence-electron chi connectivity index (χ4n) is 9.94. The number of esters is 4. The van der Waals surface area contributed by atoms with E-state index in [1.54, 1.807) is 0 Å². The fraction of sp³-hybridized carbons (Fsp3) is 0.939. The summed E-state index contributed by atoms with van der Waals surface area (Å²) in [7, 11) is -9.88. The summed E-state index contributed by atoms with van der Waals surface area (Å²) in [6, 6.07) is 0. The lowest BCUT2D eigenvalue weighted by molar-refractivity contribution is -0.161. The topological polar surface area (TPSA) is 237 Å². The molecule has 3 N–H and O–H groups in total. The van der Waals surface area contributed by atoms with Gasteiger partial charge in [0.2, 0.25) is 0 Å². The molecule has 17 nitrogen and oxygen atoms in total. The molecule has 0 aromatic rings. The normalized spacial score (nSPS) is 14.2. The molecule has 85 heavy (non-hydrogen) atoms. The van der Waals surface area contributed by atoms with Gasteiger partial charge in [0.25, 0.3) is 0 Å². The van der Waals surface area contributed by atoms with E-state index in [0.29, 0.717) is 25.7 Å². The van der Waals surface area contributed by atoms with Gasteiger partial charge in [-0.1, -0.05) is 285 Å². The number of rotatable bonds is 66. The third kappa shape index (κ3) is 60.7. The fourth-order valence-corrected chi connectivity index (χ4v) is 11.5. The Hall–Kier alpha value is -1.94. The summed E-state index contributed by atoms with van der Waals surface area (Å²) in [5.41, 5.74) is 0. The van der Waals surface area contributed by atoms with Gasteiger partial charge in [-0.3, -0.25) is 37.3 Å². The number of ether oxygens (including phenoxy) is 4. The molecule has 0 aliphatic rings. The number of carbonyl (C=O) groups excluding carboxylic acids is 4. The van der Waals surface area contributed by atoms with Crippen LogP contribution in [0.25, 0.3) is 0 Å². The summed E-state index contributed by atoms with van der Waals surface area (Å²) in [6.07, 6.45) is 44.6. The minimum atomic E-state index is -4.95. The first kappa shape index (κ1) is 83.1. The number of aliphatic hydroxyl groups excluding tert-OH is 1. The Morgan fingerprint density at radius 1 is 0.318 bits per heavy atom. The highest BCUT2D eigenvalue weighted by molar-refractivity contribution is 7.47. The monoisotopic (exact) mass is 1250 g/mol. The molecule has 0 radical (unpaired) electrons. The van der Waals surface area contributed by atoms with Crippen LogP contribution in [0.4, 0.5) is 0 Å². The van der Waals surface area contributed by atoms with Crippen molar-refractivity contribution in [1.82, 2.24) is 0 Å². The van der Waals surface area contributed by atoms with Gasteiger partial charge in [-0.2, -0.15) is 0 Å². The van der Waals surface area contributed by atoms with Crippen LogP contribution in [0.1, 0.15) is 336 Å². The smallest absolute Gasteiger partial charge is 0.462 e. The Morgan fingerprint density at radius 2 is 0.541 bits per heavy atom. The summed E-state index contributed by atoms with van der Waals surface area (Å²) in [5, 5.41) is 10.5. The summed E-state index contributed by atoms with van der Waals surface area (Å²) >= 11 is 0. The minimum absolute atomic E-state index is 0.105. The second-order valence-corrected chi connectivity index (χ2v) is 27.2. The highest BCUT2D eigenvalue weighted by Crippen LogP contribution is 2.45. The van der Waals surface area contributed by atoms with Gasteiger partial charge in [-0.15, -0.1) is 0 Å². The zero-order valence-electron chi connectivity index (χ0n) is 54.7. The maximum Gasteiger partial charge on any atom is 0.472 e. The largest absolute Gasteiger partial charge is 0.472 e. The molecular formula is C66H128O17P2. The van der Waals surface area contributed by atoms with Crippen molar-refractivity contribution in [1.29, 1.82) is 0 Å². The molecule has 0 fully saturated rings. The van der Waals surface area contributed by atoms with E-state index >= 15 is 0 Å². The van der Waals surface area contributed by atoms with Crippen LogP contribution in [0.15, 0.2) is 0 Å². The van der Waals surface area contributed by atoms with E-state index in [1.165, 1.54) is 148 Å². The summed E-state index contributed by atoms with van der Waals surface area (Å²) in [5.74, 6) is -1.39. The first-order valence-electron chi connectivity index (χ1n) is 34.6. The Morgan fingerprint density at radius 3 is 0.800 bits per heavy atom. The second kappa shape index (κ2) is 59.7. The molecule has 504 valence electrons. The van der Waals surface area contributed by atoms with E-state index < -0.39 is 97.5 Å². The molecule has 0 saturated heterocycles. The molecule has 0 aromatic heterocycles. The lowest BCUT2D eigenvalue weighted by Gasteiger charge is -2.21. The van der Waals surface area contributed by atoms with Gasteiger partial charge in [0.1, 0.15) is 19.3 Å². The van der Waals surface area contributed by atoms with Crippen LogP contribution in [0.3, 0.4) is 0 Å². The van der Waals surface area contributed by atoms with E-state index in [4.69, 9.17) is 37.0 Å². The van der Waals surface area contributed by atoms with Crippen LogP contribution in [-0.4, -0.2) is 96.7 Å². The van der Waals surface area contributed by atoms with Gasteiger partial charge in [0.15, 0.2) is 12.2 Å². The van der Waals surface area contributed by atoms with Crippen molar-refractivity contribution in [2.75, 3.05) is 39.6 Å². The summed E-state index contributed by atoms with van der Waals surface area (Å²) < 4.78 is 68.0. The number of unbranched alkanes of at least 4 members (excludes halogenated alkanes) is 38.